The van der Waals surface area contributed by atoms with E-state index < -0.39 is 0 Å². The standard InChI is InChI=1S/C19H27N3OS/c1-13(2)17(18-20-10-11-22(18)3)21-19(23)16-12-14-8-6-4-5-7-9-15(14)24-16/h10-13,17H,4-9H2,1-3H3,(H,21,23)/t17-/m0/s1. The van der Waals surface area contributed by atoms with Crippen molar-refractivity contribution in [2.75, 3.05) is 0 Å². The molecule has 0 aromatic carbocycles. The highest BCUT2D eigenvalue weighted by molar-refractivity contribution is 7.14. The molecule has 1 atom stereocenters. The first-order chi connectivity index (χ1) is 11.6. The summed E-state index contributed by atoms with van der Waals surface area (Å²) in [6.07, 6.45) is 11.1. The lowest BCUT2D eigenvalue weighted by Crippen LogP contribution is -2.33. The molecule has 5 heteroatoms. The lowest BCUT2D eigenvalue weighted by atomic mass is 9.99. The van der Waals surface area contributed by atoms with Crippen LogP contribution in [0.1, 0.15) is 71.5 Å². The van der Waals surface area contributed by atoms with Crippen molar-refractivity contribution in [3.63, 3.8) is 0 Å². The van der Waals surface area contributed by atoms with Gasteiger partial charge in [-0.25, -0.2) is 4.98 Å². The molecule has 4 nitrogen and oxygen atoms in total. The average Bonchev–Trinajstić information content (AvgIpc) is 3.11. The summed E-state index contributed by atoms with van der Waals surface area (Å²) in [7, 11) is 1.97. The Kier molecular flexibility index (Phi) is 5.39. The van der Waals surface area contributed by atoms with E-state index in [2.05, 4.69) is 30.2 Å². The van der Waals surface area contributed by atoms with Crippen molar-refractivity contribution in [1.82, 2.24) is 14.9 Å². The number of aromatic nitrogens is 2. The molecule has 0 saturated heterocycles. The van der Waals surface area contributed by atoms with Crippen LogP contribution in [0, 0.1) is 5.92 Å². The van der Waals surface area contributed by atoms with Crippen LogP contribution in [-0.2, 0) is 19.9 Å². The normalized spacial score (nSPS) is 16.3. The Bertz CT molecular complexity index is 676. The first kappa shape index (κ1) is 17.2. The number of carbonyl (C=O) groups is 1. The Morgan fingerprint density at radius 3 is 2.67 bits per heavy atom. The molecule has 0 bridgehead atoms. The van der Waals surface area contributed by atoms with Gasteiger partial charge >= 0.3 is 0 Å². The molecule has 0 saturated carbocycles. The molecule has 1 aliphatic rings. The number of nitrogens with one attached hydrogen (secondary N) is 1. The number of aryl methyl sites for hydroxylation is 3. The molecule has 0 fully saturated rings. The first-order valence-corrected chi connectivity index (χ1v) is 9.77. The molecule has 2 aromatic heterocycles. The van der Waals surface area contributed by atoms with Gasteiger partial charge in [0.15, 0.2) is 0 Å². The second-order valence-electron chi connectivity index (χ2n) is 7.06. The number of nitrogens with zero attached hydrogens (tertiary/aromatic N) is 2. The molecule has 0 radical (unpaired) electrons. The number of thiophene rings is 1. The molecule has 2 heterocycles. The van der Waals surface area contributed by atoms with Crippen LogP contribution in [0.3, 0.4) is 0 Å². The molecule has 0 spiro atoms. The van der Waals surface area contributed by atoms with E-state index in [4.69, 9.17) is 0 Å². The molecule has 1 aliphatic carbocycles. The highest BCUT2D eigenvalue weighted by Gasteiger charge is 2.24. The average molecular weight is 346 g/mol. The number of carbonyl (C=O) groups excluding carboxylic acids is 1. The number of imidazole rings is 1. The molecular weight excluding hydrogens is 318 g/mol. The van der Waals surface area contributed by atoms with Gasteiger partial charge in [-0.2, -0.15) is 0 Å². The van der Waals surface area contributed by atoms with E-state index in [0.717, 1.165) is 23.5 Å². The van der Waals surface area contributed by atoms with Gasteiger partial charge in [-0.1, -0.05) is 26.7 Å². The third-order valence-electron chi connectivity index (χ3n) is 4.81. The van der Waals surface area contributed by atoms with E-state index in [1.54, 1.807) is 17.5 Å². The van der Waals surface area contributed by atoms with Gasteiger partial charge in [0.25, 0.3) is 5.91 Å². The molecule has 1 N–H and O–H groups in total. The van der Waals surface area contributed by atoms with Crippen LogP contribution in [0.15, 0.2) is 18.5 Å². The lowest BCUT2D eigenvalue weighted by Gasteiger charge is -2.21. The summed E-state index contributed by atoms with van der Waals surface area (Å²) in [5, 5.41) is 3.20. The van der Waals surface area contributed by atoms with Crippen molar-refractivity contribution in [2.24, 2.45) is 13.0 Å². The van der Waals surface area contributed by atoms with Gasteiger partial charge in [0.1, 0.15) is 5.82 Å². The monoisotopic (exact) mass is 345 g/mol. The van der Waals surface area contributed by atoms with Gasteiger partial charge in [0.05, 0.1) is 10.9 Å². The van der Waals surface area contributed by atoms with Crippen molar-refractivity contribution >= 4 is 17.2 Å². The summed E-state index contributed by atoms with van der Waals surface area (Å²) >= 11 is 1.68. The summed E-state index contributed by atoms with van der Waals surface area (Å²) in [6.45, 7) is 4.24. The highest BCUT2D eigenvalue weighted by Crippen LogP contribution is 2.29. The summed E-state index contributed by atoms with van der Waals surface area (Å²) in [5.74, 6) is 1.23. The molecule has 1 amide bonds. The van der Waals surface area contributed by atoms with E-state index in [1.165, 1.54) is 36.1 Å². The maximum absolute atomic E-state index is 12.8. The van der Waals surface area contributed by atoms with Gasteiger partial charge in [-0.05, 0) is 43.2 Å². The molecule has 2 aromatic rings. The third-order valence-corrected chi connectivity index (χ3v) is 6.05. The van der Waals surface area contributed by atoms with E-state index in [0.29, 0.717) is 0 Å². The largest absolute Gasteiger partial charge is 0.341 e. The number of fused-ring (bicyclic) bond motifs is 1. The second kappa shape index (κ2) is 7.51. The number of amides is 1. The van der Waals surface area contributed by atoms with Gasteiger partial charge < -0.3 is 9.88 Å². The zero-order chi connectivity index (χ0) is 17.1. The molecule has 0 aliphatic heterocycles. The Balaban J connectivity index is 1.78. The van der Waals surface area contributed by atoms with Crippen molar-refractivity contribution in [1.29, 1.82) is 0 Å². The second-order valence-corrected chi connectivity index (χ2v) is 8.20. The minimum absolute atomic E-state index is 0.0356. The third kappa shape index (κ3) is 3.72. The fourth-order valence-corrected chi connectivity index (χ4v) is 4.53. The Morgan fingerprint density at radius 1 is 1.25 bits per heavy atom. The van der Waals surface area contributed by atoms with E-state index in [9.17, 15) is 4.79 Å². The molecular formula is C19H27N3OS. The lowest BCUT2D eigenvalue weighted by molar-refractivity contribution is 0.0926. The van der Waals surface area contributed by atoms with Gasteiger partial charge in [0.2, 0.25) is 0 Å². The fraction of sp³-hybridized carbons (Fsp3) is 0.579. The Hall–Kier alpha value is -1.62. The molecule has 0 unspecified atom stereocenters. The zero-order valence-corrected chi connectivity index (χ0v) is 15.7. The van der Waals surface area contributed by atoms with Gasteiger partial charge in [-0.15, -0.1) is 11.3 Å². The predicted molar refractivity (Wildman–Crippen MR) is 98.4 cm³/mol. The summed E-state index contributed by atoms with van der Waals surface area (Å²) < 4.78 is 1.98. The topological polar surface area (TPSA) is 46.9 Å². The van der Waals surface area contributed by atoms with E-state index >= 15 is 0 Å². The zero-order valence-electron chi connectivity index (χ0n) is 14.8. The van der Waals surface area contributed by atoms with Crippen LogP contribution in [0.2, 0.25) is 0 Å². The number of rotatable bonds is 4. The van der Waals surface area contributed by atoms with Crippen LogP contribution >= 0.6 is 11.3 Å². The predicted octanol–water partition coefficient (Wildman–Crippen LogP) is 4.27. The Labute approximate surface area is 148 Å². The van der Waals surface area contributed by atoms with Crippen molar-refractivity contribution in [3.8, 4) is 0 Å². The van der Waals surface area contributed by atoms with Crippen molar-refractivity contribution < 1.29 is 4.79 Å². The van der Waals surface area contributed by atoms with Crippen molar-refractivity contribution in [3.05, 3.63) is 39.6 Å². The fourth-order valence-electron chi connectivity index (χ4n) is 3.37. The first-order valence-electron chi connectivity index (χ1n) is 8.96. The quantitative estimate of drug-likeness (QED) is 0.899. The minimum Gasteiger partial charge on any atom is -0.341 e. The van der Waals surface area contributed by atoms with Gasteiger partial charge in [-0.3, -0.25) is 4.79 Å². The van der Waals surface area contributed by atoms with Crippen molar-refractivity contribution in [2.45, 2.75) is 58.4 Å². The van der Waals surface area contributed by atoms with Crippen LogP contribution < -0.4 is 5.32 Å². The number of hydrogen-bond acceptors (Lipinski definition) is 3. The minimum atomic E-state index is -0.0674. The van der Waals surface area contributed by atoms with Crippen LogP contribution in [0.25, 0.3) is 0 Å². The maximum Gasteiger partial charge on any atom is 0.261 e. The molecule has 130 valence electrons. The van der Waals surface area contributed by atoms with E-state index in [1.807, 2.05) is 17.8 Å². The smallest absolute Gasteiger partial charge is 0.261 e. The number of hydrogen-bond donors (Lipinski definition) is 1. The van der Waals surface area contributed by atoms with Gasteiger partial charge in [0, 0.05) is 24.3 Å². The Morgan fingerprint density at radius 2 is 2.00 bits per heavy atom. The van der Waals surface area contributed by atoms with Crippen LogP contribution in [0.4, 0.5) is 0 Å². The van der Waals surface area contributed by atoms with E-state index in [-0.39, 0.29) is 17.9 Å². The molecule has 24 heavy (non-hydrogen) atoms. The van der Waals surface area contributed by atoms with Crippen LogP contribution in [0.5, 0.6) is 0 Å². The highest BCUT2D eigenvalue weighted by atomic mass is 32.1. The molecule has 3 rings (SSSR count). The SMILES string of the molecule is CC(C)[C@H](NC(=O)c1cc2c(s1)CCCCCC2)c1nccn1C. The summed E-state index contributed by atoms with van der Waals surface area (Å²) in [5.41, 5.74) is 1.39. The summed E-state index contributed by atoms with van der Waals surface area (Å²) in [4.78, 5) is 19.5. The van der Waals surface area contributed by atoms with Crippen LogP contribution in [-0.4, -0.2) is 15.5 Å². The summed E-state index contributed by atoms with van der Waals surface area (Å²) in [6, 6.07) is 2.05. The maximum atomic E-state index is 12.8.